The standard InChI is InChI=1S/C20H24N4O/c1-23-18-5-3-2-4-17(18)22-19(23)14-24-10-8-15(9-11-24)12-16-6-7-20(25)21-13-16/h2-7,13,15H,8-12,14H2,1H3,(H,21,25). The lowest BCUT2D eigenvalue weighted by atomic mass is 9.91. The van der Waals surface area contributed by atoms with E-state index in [-0.39, 0.29) is 5.56 Å². The number of benzene rings is 1. The van der Waals surface area contributed by atoms with Crippen LogP contribution >= 0.6 is 0 Å². The van der Waals surface area contributed by atoms with Crippen LogP contribution in [0.3, 0.4) is 0 Å². The third-order valence-corrected chi connectivity index (χ3v) is 5.32. The first-order chi connectivity index (χ1) is 12.2. The Balaban J connectivity index is 1.36. The van der Waals surface area contributed by atoms with Gasteiger partial charge in [-0.3, -0.25) is 9.69 Å². The number of aromatic amines is 1. The monoisotopic (exact) mass is 336 g/mol. The van der Waals surface area contributed by atoms with E-state index >= 15 is 0 Å². The molecule has 0 unspecified atom stereocenters. The fourth-order valence-corrected chi connectivity index (χ4v) is 3.79. The summed E-state index contributed by atoms with van der Waals surface area (Å²) in [6.45, 7) is 3.13. The number of fused-ring (bicyclic) bond motifs is 1. The average Bonchev–Trinajstić information content (AvgIpc) is 2.95. The molecule has 0 bridgehead atoms. The molecule has 3 heterocycles. The lowest BCUT2D eigenvalue weighted by molar-refractivity contribution is 0.172. The Kier molecular flexibility index (Phi) is 4.40. The summed E-state index contributed by atoms with van der Waals surface area (Å²) in [5.41, 5.74) is 3.48. The van der Waals surface area contributed by atoms with Crippen molar-refractivity contribution in [2.75, 3.05) is 13.1 Å². The van der Waals surface area contributed by atoms with Crippen molar-refractivity contribution in [3.05, 3.63) is 64.3 Å². The summed E-state index contributed by atoms with van der Waals surface area (Å²) in [5.74, 6) is 1.84. The average molecular weight is 336 g/mol. The highest BCUT2D eigenvalue weighted by atomic mass is 16.1. The van der Waals surface area contributed by atoms with Gasteiger partial charge in [0.2, 0.25) is 5.56 Å². The molecule has 1 aromatic carbocycles. The molecule has 1 aliphatic heterocycles. The van der Waals surface area contributed by atoms with E-state index in [1.54, 1.807) is 6.07 Å². The third-order valence-electron chi connectivity index (χ3n) is 5.32. The largest absolute Gasteiger partial charge is 0.330 e. The number of imidazole rings is 1. The van der Waals surface area contributed by atoms with Gasteiger partial charge in [0.05, 0.1) is 17.6 Å². The molecule has 1 aliphatic rings. The van der Waals surface area contributed by atoms with Crippen LogP contribution in [0.5, 0.6) is 0 Å². The summed E-state index contributed by atoms with van der Waals surface area (Å²) in [5, 5.41) is 0. The van der Waals surface area contributed by atoms with Gasteiger partial charge in [-0.05, 0) is 56.0 Å². The molecule has 0 amide bonds. The normalized spacial score (nSPS) is 16.5. The van der Waals surface area contributed by atoms with E-state index in [9.17, 15) is 4.79 Å². The predicted molar refractivity (Wildman–Crippen MR) is 99.5 cm³/mol. The molecule has 5 heteroatoms. The van der Waals surface area contributed by atoms with Crippen molar-refractivity contribution in [2.45, 2.75) is 25.8 Å². The van der Waals surface area contributed by atoms with Crippen molar-refractivity contribution < 1.29 is 0 Å². The lowest BCUT2D eigenvalue weighted by Crippen LogP contribution is -2.34. The summed E-state index contributed by atoms with van der Waals surface area (Å²) >= 11 is 0. The SMILES string of the molecule is Cn1c(CN2CCC(Cc3ccc(=O)[nH]c3)CC2)nc2ccccc21. The van der Waals surface area contributed by atoms with Crippen LogP contribution in [0, 0.1) is 5.92 Å². The van der Waals surface area contributed by atoms with Gasteiger partial charge in [-0.25, -0.2) is 4.98 Å². The molecule has 0 aliphatic carbocycles. The molecule has 1 fully saturated rings. The van der Waals surface area contributed by atoms with Crippen molar-refractivity contribution in [1.29, 1.82) is 0 Å². The molecule has 25 heavy (non-hydrogen) atoms. The molecule has 3 aromatic rings. The minimum absolute atomic E-state index is 0.0268. The van der Waals surface area contributed by atoms with Crippen molar-refractivity contribution in [3.63, 3.8) is 0 Å². The lowest BCUT2D eigenvalue weighted by Gasteiger charge is -2.31. The number of pyridine rings is 1. The summed E-state index contributed by atoms with van der Waals surface area (Å²) in [6.07, 6.45) is 5.30. The maximum absolute atomic E-state index is 11.2. The zero-order valence-corrected chi connectivity index (χ0v) is 14.6. The molecule has 1 N–H and O–H groups in total. The zero-order valence-electron chi connectivity index (χ0n) is 14.6. The fourth-order valence-electron chi connectivity index (χ4n) is 3.79. The van der Waals surface area contributed by atoms with E-state index in [2.05, 4.69) is 39.7 Å². The van der Waals surface area contributed by atoms with Gasteiger partial charge in [0, 0.05) is 19.3 Å². The molecule has 2 aromatic heterocycles. The van der Waals surface area contributed by atoms with E-state index in [1.807, 2.05) is 18.3 Å². The quantitative estimate of drug-likeness (QED) is 0.797. The first-order valence-electron chi connectivity index (χ1n) is 8.99. The van der Waals surface area contributed by atoms with Crippen molar-refractivity contribution >= 4 is 11.0 Å². The van der Waals surface area contributed by atoms with Crippen LogP contribution in [0.15, 0.2) is 47.4 Å². The highest BCUT2D eigenvalue weighted by Gasteiger charge is 2.21. The number of hydrogen-bond acceptors (Lipinski definition) is 3. The zero-order chi connectivity index (χ0) is 17.2. The van der Waals surface area contributed by atoms with Crippen LogP contribution in [-0.4, -0.2) is 32.5 Å². The number of piperidine rings is 1. The minimum atomic E-state index is -0.0268. The number of hydrogen-bond donors (Lipinski definition) is 1. The Bertz CT molecular complexity index is 898. The number of nitrogens with one attached hydrogen (secondary N) is 1. The first-order valence-corrected chi connectivity index (χ1v) is 8.99. The summed E-state index contributed by atoms with van der Waals surface area (Å²) in [4.78, 5) is 21.2. The molecule has 0 spiro atoms. The number of para-hydroxylation sites is 2. The van der Waals surface area contributed by atoms with Crippen LogP contribution in [0.25, 0.3) is 11.0 Å². The highest BCUT2D eigenvalue weighted by Crippen LogP contribution is 2.23. The van der Waals surface area contributed by atoms with Crippen LogP contribution in [-0.2, 0) is 20.0 Å². The number of aryl methyl sites for hydroxylation is 1. The van der Waals surface area contributed by atoms with Crippen molar-refractivity contribution in [2.24, 2.45) is 13.0 Å². The highest BCUT2D eigenvalue weighted by molar-refractivity contribution is 5.75. The van der Waals surface area contributed by atoms with Gasteiger partial charge < -0.3 is 9.55 Å². The van der Waals surface area contributed by atoms with Gasteiger partial charge in [-0.15, -0.1) is 0 Å². The van der Waals surface area contributed by atoms with Crippen LogP contribution < -0.4 is 5.56 Å². The van der Waals surface area contributed by atoms with Gasteiger partial charge in [0.25, 0.3) is 0 Å². The number of aromatic nitrogens is 3. The van der Waals surface area contributed by atoms with Crippen molar-refractivity contribution in [3.8, 4) is 0 Å². The van der Waals surface area contributed by atoms with E-state index < -0.39 is 0 Å². The Morgan fingerprint density at radius 1 is 1.16 bits per heavy atom. The van der Waals surface area contributed by atoms with Crippen LogP contribution in [0.2, 0.25) is 0 Å². The molecule has 0 radical (unpaired) electrons. The molecule has 0 saturated carbocycles. The summed E-state index contributed by atoms with van der Waals surface area (Å²) in [7, 11) is 2.10. The summed E-state index contributed by atoms with van der Waals surface area (Å²) in [6, 6.07) is 11.9. The smallest absolute Gasteiger partial charge is 0.247 e. The van der Waals surface area contributed by atoms with Gasteiger partial charge in [0.15, 0.2) is 0 Å². The Labute approximate surface area is 147 Å². The van der Waals surface area contributed by atoms with Gasteiger partial charge in [-0.2, -0.15) is 0 Å². The Morgan fingerprint density at radius 3 is 2.68 bits per heavy atom. The summed E-state index contributed by atoms with van der Waals surface area (Å²) < 4.78 is 2.21. The molecular formula is C20H24N4O. The molecule has 4 rings (SSSR count). The maximum Gasteiger partial charge on any atom is 0.247 e. The molecule has 5 nitrogen and oxygen atoms in total. The number of H-pyrrole nitrogens is 1. The first kappa shape index (κ1) is 16.1. The van der Waals surface area contributed by atoms with Gasteiger partial charge >= 0.3 is 0 Å². The molecule has 1 saturated heterocycles. The molecular weight excluding hydrogens is 312 g/mol. The van der Waals surface area contributed by atoms with Crippen molar-refractivity contribution in [1.82, 2.24) is 19.4 Å². The third kappa shape index (κ3) is 3.51. The number of likely N-dealkylation sites (tertiary alicyclic amines) is 1. The molecule has 0 atom stereocenters. The fraction of sp³-hybridized carbons (Fsp3) is 0.400. The Hall–Kier alpha value is -2.40. The second-order valence-corrected chi connectivity index (χ2v) is 7.06. The van der Waals surface area contributed by atoms with E-state index in [0.29, 0.717) is 5.92 Å². The van der Waals surface area contributed by atoms with E-state index in [1.165, 1.54) is 23.9 Å². The van der Waals surface area contributed by atoms with E-state index in [4.69, 9.17) is 4.98 Å². The van der Waals surface area contributed by atoms with Gasteiger partial charge in [-0.1, -0.05) is 18.2 Å². The minimum Gasteiger partial charge on any atom is -0.330 e. The topological polar surface area (TPSA) is 53.9 Å². The predicted octanol–water partition coefficient (Wildman–Crippen LogP) is 2.72. The number of rotatable bonds is 4. The second-order valence-electron chi connectivity index (χ2n) is 7.06. The Morgan fingerprint density at radius 2 is 1.96 bits per heavy atom. The van der Waals surface area contributed by atoms with Crippen LogP contribution in [0.1, 0.15) is 24.2 Å². The molecule has 130 valence electrons. The number of nitrogens with zero attached hydrogens (tertiary/aromatic N) is 3. The maximum atomic E-state index is 11.2. The van der Waals surface area contributed by atoms with E-state index in [0.717, 1.165) is 37.4 Å². The second kappa shape index (κ2) is 6.84. The van der Waals surface area contributed by atoms with Crippen LogP contribution in [0.4, 0.5) is 0 Å². The van der Waals surface area contributed by atoms with Gasteiger partial charge in [0.1, 0.15) is 5.82 Å².